The molecule has 5 aromatic carbocycles. The van der Waals surface area contributed by atoms with E-state index >= 15 is 0 Å². The number of aromatic nitrogens is 4. The van der Waals surface area contributed by atoms with E-state index in [4.69, 9.17) is 45.6 Å². The molecule has 2 amide bonds. The van der Waals surface area contributed by atoms with Crippen LogP contribution in [0, 0.1) is 0 Å². The number of fused-ring (bicyclic) bond motifs is 1. The van der Waals surface area contributed by atoms with Gasteiger partial charge in [0.15, 0.2) is 23.5 Å². The molecule has 1 saturated heterocycles. The Morgan fingerprint density at radius 3 is 1.98 bits per heavy atom. The number of anilines is 3. The maximum atomic E-state index is 14.3. The van der Waals surface area contributed by atoms with E-state index in [1.165, 1.54) is 18.2 Å². The summed E-state index contributed by atoms with van der Waals surface area (Å²) >= 11 is 5.75. The molecule has 0 bridgehead atoms. The van der Waals surface area contributed by atoms with E-state index < -0.39 is 36.0 Å². The zero-order chi connectivity index (χ0) is 44.3. The molecule has 0 unspecified atom stereocenters. The third-order valence-corrected chi connectivity index (χ3v) is 10.4. The topological polar surface area (TPSA) is 148 Å². The van der Waals surface area contributed by atoms with E-state index in [-0.39, 0.29) is 54.5 Å². The first-order valence-electron chi connectivity index (χ1n) is 20.4. The van der Waals surface area contributed by atoms with Crippen molar-refractivity contribution in [2.75, 3.05) is 16.8 Å². The number of rotatable bonds is 16. The Morgan fingerprint density at radius 1 is 0.812 bits per heavy atom. The Labute approximate surface area is 375 Å². The van der Waals surface area contributed by atoms with E-state index in [0.29, 0.717) is 17.1 Å². The fourth-order valence-corrected chi connectivity index (χ4v) is 7.60. The Bertz CT molecular complexity index is 2640. The minimum absolute atomic E-state index is 0.0342. The van der Waals surface area contributed by atoms with Gasteiger partial charge in [-0.15, -0.1) is 6.58 Å². The largest absolute Gasteiger partial charge is 0.446 e. The van der Waals surface area contributed by atoms with Crippen LogP contribution in [0.15, 0.2) is 171 Å². The van der Waals surface area contributed by atoms with Gasteiger partial charge in [-0.1, -0.05) is 121 Å². The first-order valence-corrected chi connectivity index (χ1v) is 20.8. The Kier molecular flexibility index (Phi) is 13.7. The van der Waals surface area contributed by atoms with Crippen LogP contribution < -0.4 is 19.7 Å². The van der Waals surface area contributed by atoms with Gasteiger partial charge in [-0.25, -0.2) is 14.7 Å². The fourth-order valence-electron chi connectivity index (χ4n) is 7.39. The van der Waals surface area contributed by atoms with Crippen molar-refractivity contribution >= 4 is 57.9 Å². The van der Waals surface area contributed by atoms with E-state index in [9.17, 15) is 9.59 Å². The molecule has 3 heterocycles. The standard InChI is InChI=1S/C49H44N6O8S/c1-3-29-49(32-58-30-35-19-9-4-10-20-35)42(59-31-36-21-11-5-12-22-36)41(61-48(64)60-39-27-17-8-18-28-39)45(63-49)54-33-50-40-43(54)52-46(51-34(2)56)53-44(40)62-47(57)55(37-23-13-6-14-24-37)38-25-15-7-16-26-38/h3-28,33,41-42,45H,1,29-32H2,2H3,(H,51,52,53,56)/t41-,42+,45-,49-/m1/s1. The number of ether oxygens (including phenoxy) is 6. The van der Waals surface area contributed by atoms with Crippen LogP contribution in [0.2, 0.25) is 0 Å². The van der Waals surface area contributed by atoms with E-state index in [1.54, 1.807) is 47.0 Å². The number of thiocarbonyl (C=S) groups is 1. The normalized spacial score (nSPS) is 17.9. The molecule has 7 aromatic rings. The van der Waals surface area contributed by atoms with Gasteiger partial charge >= 0.3 is 11.3 Å². The molecule has 1 aliphatic heterocycles. The Hall–Kier alpha value is -7.30. The van der Waals surface area contributed by atoms with Crippen LogP contribution in [0.4, 0.5) is 22.1 Å². The molecule has 2 aromatic heterocycles. The maximum Gasteiger partial charge on any atom is 0.425 e. The SMILES string of the molecule is C=CC[C@]1(COCc2ccccc2)O[C@@H](n2cnc3c(OC(=O)N(c4ccccc4)c4ccccc4)nc(NC(C)=O)nc32)[C@H](OC(=S)Oc2ccccc2)[C@@H]1OCc1ccccc1. The number of imidazole rings is 1. The van der Waals surface area contributed by atoms with Crippen LogP contribution in [0.25, 0.3) is 11.2 Å². The van der Waals surface area contributed by atoms with Crippen molar-refractivity contribution < 1.29 is 38.0 Å². The van der Waals surface area contributed by atoms with E-state index in [0.717, 1.165) is 11.1 Å². The molecule has 14 nitrogen and oxygen atoms in total. The van der Waals surface area contributed by atoms with Crippen molar-refractivity contribution in [3.63, 3.8) is 0 Å². The highest BCUT2D eigenvalue weighted by Gasteiger charge is 2.58. The lowest BCUT2D eigenvalue weighted by molar-refractivity contribution is -0.154. The van der Waals surface area contributed by atoms with Gasteiger partial charge in [0, 0.05) is 19.1 Å². The number of carbonyl (C=O) groups excluding carboxylic acids is 2. The Morgan fingerprint density at radius 2 is 1.39 bits per heavy atom. The van der Waals surface area contributed by atoms with Gasteiger partial charge in [-0.3, -0.25) is 14.7 Å². The summed E-state index contributed by atoms with van der Waals surface area (Å²) < 4.78 is 40.7. The smallest absolute Gasteiger partial charge is 0.425 e. The lowest BCUT2D eigenvalue weighted by Crippen LogP contribution is -2.49. The molecule has 0 radical (unpaired) electrons. The summed E-state index contributed by atoms with van der Waals surface area (Å²) in [4.78, 5) is 42.0. The lowest BCUT2D eigenvalue weighted by Gasteiger charge is -2.34. The summed E-state index contributed by atoms with van der Waals surface area (Å²) in [6.45, 7) is 5.89. The molecule has 4 atom stereocenters. The van der Waals surface area contributed by atoms with Gasteiger partial charge in [-0.05, 0) is 53.9 Å². The van der Waals surface area contributed by atoms with E-state index in [1.807, 2.05) is 115 Å². The van der Waals surface area contributed by atoms with Crippen molar-refractivity contribution in [1.82, 2.24) is 19.5 Å². The average Bonchev–Trinajstić information content (AvgIpc) is 3.86. The molecule has 1 aliphatic rings. The summed E-state index contributed by atoms with van der Waals surface area (Å²) in [6, 6.07) is 46.5. The third-order valence-electron chi connectivity index (χ3n) is 10.2. The predicted molar refractivity (Wildman–Crippen MR) is 244 cm³/mol. The molecule has 0 spiro atoms. The molecular formula is C49H44N6O8S. The number of amides is 2. The van der Waals surface area contributed by atoms with Crippen molar-refractivity contribution in [3.8, 4) is 11.6 Å². The lowest BCUT2D eigenvalue weighted by atomic mass is 9.91. The molecule has 1 N–H and O–H groups in total. The van der Waals surface area contributed by atoms with Crippen LogP contribution in [-0.4, -0.2) is 61.2 Å². The molecule has 0 aliphatic carbocycles. The highest BCUT2D eigenvalue weighted by molar-refractivity contribution is 7.79. The van der Waals surface area contributed by atoms with Crippen LogP contribution in [-0.2, 0) is 37.0 Å². The maximum absolute atomic E-state index is 14.3. The van der Waals surface area contributed by atoms with Crippen LogP contribution in [0.5, 0.6) is 11.6 Å². The third kappa shape index (κ3) is 10.1. The molecule has 1 fully saturated rings. The number of nitrogens with one attached hydrogen (secondary N) is 1. The van der Waals surface area contributed by atoms with E-state index in [2.05, 4.69) is 21.9 Å². The molecule has 64 heavy (non-hydrogen) atoms. The Balaban J connectivity index is 1.22. The minimum atomic E-state index is -1.24. The summed E-state index contributed by atoms with van der Waals surface area (Å²) in [7, 11) is 0. The first kappa shape index (κ1) is 43.4. The van der Waals surface area contributed by atoms with Crippen LogP contribution in [0.3, 0.4) is 0 Å². The average molecular weight is 877 g/mol. The molecule has 15 heteroatoms. The monoisotopic (exact) mass is 876 g/mol. The zero-order valence-electron chi connectivity index (χ0n) is 34.8. The predicted octanol–water partition coefficient (Wildman–Crippen LogP) is 9.52. The van der Waals surface area contributed by atoms with Crippen molar-refractivity contribution in [2.24, 2.45) is 0 Å². The minimum Gasteiger partial charge on any atom is -0.446 e. The summed E-state index contributed by atoms with van der Waals surface area (Å²) in [5.41, 5.74) is 1.91. The highest BCUT2D eigenvalue weighted by Crippen LogP contribution is 2.45. The summed E-state index contributed by atoms with van der Waals surface area (Å²) in [5.74, 6) is -0.391. The number of nitrogens with zero attached hydrogens (tertiary/aromatic N) is 5. The fraction of sp³-hybridized carbons (Fsp3) is 0.184. The van der Waals surface area contributed by atoms with Gasteiger partial charge in [-0.2, -0.15) is 9.97 Å². The quantitative estimate of drug-likeness (QED) is 0.0728. The van der Waals surface area contributed by atoms with Crippen molar-refractivity contribution in [1.29, 1.82) is 0 Å². The number of hydrogen-bond acceptors (Lipinski definition) is 12. The van der Waals surface area contributed by atoms with Gasteiger partial charge in [0.1, 0.15) is 17.5 Å². The number of carbonyl (C=O) groups is 2. The van der Waals surface area contributed by atoms with Crippen molar-refractivity contribution in [3.05, 3.63) is 182 Å². The molecule has 324 valence electrons. The molecule has 8 rings (SSSR count). The first-order chi connectivity index (χ1) is 31.3. The van der Waals surface area contributed by atoms with Gasteiger partial charge in [0.25, 0.3) is 5.88 Å². The van der Waals surface area contributed by atoms with Crippen LogP contribution >= 0.6 is 12.2 Å². The summed E-state index contributed by atoms with van der Waals surface area (Å²) in [5, 5.41) is 2.43. The van der Waals surface area contributed by atoms with Gasteiger partial charge in [0.2, 0.25) is 11.9 Å². The number of para-hydroxylation sites is 3. The second kappa shape index (κ2) is 20.3. The second-order valence-corrected chi connectivity index (χ2v) is 15.1. The highest BCUT2D eigenvalue weighted by atomic mass is 32.1. The van der Waals surface area contributed by atoms with Gasteiger partial charge in [0.05, 0.1) is 37.5 Å². The van der Waals surface area contributed by atoms with Crippen molar-refractivity contribution in [2.45, 2.75) is 50.6 Å². The second-order valence-electron chi connectivity index (χ2n) is 14.7. The van der Waals surface area contributed by atoms with Gasteiger partial charge < -0.3 is 28.4 Å². The molecular weight excluding hydrogens is 833 g/mol. The molecule has 0 saturated carbocycles. The zero-order valence-corrected chi connectivity index (χ0v) is 35.6. The van der Waals surface area contributed by atoms with Crippen LogP contribution in [0.1, 0.15) is 30.7 Å². The summed E-state index contributed by atoms with van der Waals surface area (Å²) in [6.07, 6.45) is -0.384. The number of hydrogen-bond donors (Lipinski definition) is 1. The number of benzene rings is 5.